The summed E-state index contributed by atoms with van der Waals surface area (Å²) in [4.78, 5) is 10.2. The van der Waals surface area contributed by atoms with Crippen LogP contribution in [0.15, 0.2) is 11.6 Å². The summed E-state index contributed by atoms with van der Waals surface area (Å²) < 4.78 is 1.36. The molecule has 0 fully saturated rings. The number of aromatic nitrogens is 1. The van der Waals surface area contributed by atoms with Crippen molar-refractivity contribution < 1.29 is 9.90 Å². The summed E-state index contributed by atoms with van der Waals surface area (Å²) >= 11 is 5.89. The summed E-state index contributed by atoms with van der Waals surface area (Å²) in [7, 11) is 0. The largest absolute Gasteiger partial charge is 0.464 e. The molecule has 0 atom stereocenters. The lowest BCUT2D eigenvalue weighted by Crippen LogP contribution is -2.04. The van der Waals surface area contributed by atoms with Crippen molar-refractivity contribution >= 4 is 29.6 Å². The molecule has 0 aromatic carbocycles. The van der Waals surface area contributed by atoms with Crippen molar-refractivity contribution in [3.8, 4) is 0 Å². The number of nitrogens with zero attached hydrogens (tertiary/aromatic N) is 1. The molecule has 1 aromatic rings. The second-order valence-electron chi connectivity index (χ2n) is 1.32. The van der Waals surface area contributed by atoms with Gasteiger partial charge in [-0.3, -0.25) is 0 Å². The molecule has 1 rings (SSSR count). The maximum atomic E-state index is 10.2. The lowest BCUT2D eigenvalue weighted by atomic mass is 10.9. The topological polar surface area (TPSA) is 42.2 Å². The van der Waals surface area contributed by atoms with Crippen LogP contribution in [0.3, 0.4) is 0 Å². The molecule has 48 valence electrons. The van der Waals surface area contributed by atoms with Gasteiger partial charge < -0.3 is 5.11 Å². The number of carboxylic acid groups (broad SMARTS) is 1. The fourth-order valence-electron chi connectivity index (χ4n) is 0.409. The van der Waals surface area contributed by atoms with Crippen LogP contribution in [0.2, 0.25) is 0 Å². The van der Waals surface area contributed by atoms with Crippen LogP contribution < -0.4 is 0 Å². The lowest BCUT2D eigenvalue weighted by Gasteiger charge is -1.87. The van der Waals surface area contributed by atoms with Crippen LogP contribution in [0.5, 0.6) is 0 Å². The van der Waals surface area contributed by atoms with Gasteiger partial charge in [0.1, 0.15) is 0 Å². The third-order valence-corrected chi connectivity index (χ3v) is 1.92. The van der Waals surface area contributed by atoms with Crippen molar-refractivity contribution in [3.63, 3.8) is 0 Å². The second kappa shape index (κ2) is 2.28. The number of rotatable bonds is 0. The molecule has 0 saturated carbocycles. The van der Waals surface area contributed by atoms with Crippen LogP contribution >= 0.6 is 23.6 Å². The van der Waals surface area contributed by atoms with E-state index in [0.29, 0.717) is 3.95 Å². The van der Waals surface area contributed by atoms with Gasteiger partial charge in [-0.25, -0.2) is 9.36 Å². The average molecular weight is 161 g/mol. The number of carbonyl (C=O) groups is 1. The van der Waals surface area contributed by atoms with Gasteiger partial charge in [-0.15, -0.1) is 11.3 Å². The molecule has 0 saturated heterocycles. The molecule has 1 aromatic heterocycles. The Balaban J connectivity index is 3.24. The summed E-state index contributed by atoms with van der Waals surface area (Å²) in [6.45, 7) is 0. The maximum absolute atomic E-state index is 10.2. The van der Waals surface area contributed by atoms with Crippen molar-refractivity contribution in [1.82, 2.24) is 4.57 Å². The van der Waals surface area contributed by atoms with E-state index in [2.05, 4.69) is 12.2 Å². The average Bonchev–Trinajstić information content (AvgIpc) is 2.13. The molecule has 0 spiro atoms. The van der Waals surface area contributed by atoms with Crippen LogP contribution in [0.1, 0.15) is 0 Å². The second-order valence-corrected chi connectivity index (χ2v) is 2.86. The minimum atomic E-state index is -1.03. The van der Waals surface area contributed by atoms with E-state index in [1.165, 1.54) is 17.5 Å². The maximum Gasteiger partial charge on any atom is 0.417 e. The molecular formula is C4H3NO2S2. The van der Waals surface area contributed by atoms with Crippen LogP contribution in [-0.4, -0.2) is 15.8 Å². The van der Waals surface area contributed by atoms with Gasteiger partial charge in [-0.2, -0.15) is 0 Å². The molecule has 0 unspecified atom stereocenters. The zero-order valence-corrected chi connectivity index (χ0v) is 5.91. The normalized spacial score (nSPS) is 9.33. The smallest absolute Gasteiger partial charge is 0.417 e. The molecule has 3 nitrogen and oxygen atoms in total. The van der Waals surface area contributed by atoms with Crippen molar-refractivity contribution in [2.45, 2.75) is 0 Å². The first-order valence-electron chi connectivity index (χ1n) is 2.11. The number of thiazole rings is 1. The zero-order chi connectivity index (χ0) is 6.85. The molecule has 0 amide bonds. The predicted octanol–water partition coefficient (Wildman–Crippen LogP) is 1.81. The minimum Gasteiger partial charge on any atom is -0.464 e. The fourth-order valence-corrected chi connectivity index (χ4v) is 1.27. The van der Waals surface area contributed by atoms with Crippen molar-refractivity contribution in [2.24, 2.45) is 0 Å². The first kappa shape index (κ1) is 6.44. The van der Waals surface area contributed by atoms with Crippen LogP contribution in [0, 0.1) is 3.95 Å². The van der Waals surface area contributed by atoms with E-state index in [1.807, 2.05) is 0 Å². The van der Waals surface area contributed by atoms with Crippen molar-refractivity contribution in [3.05, 3.63) is 15.5 Å². The van der Waals surface area contributed by atoms with Crippen LogP contribution in [0.4, 0.5) is 4.79 Å². The number of hydrogen-bond donors (Lipinski definition) is 1. The van der Waals surface area contributed by atoms with Crippen LogP contribution in [-0.2, 0) is 0 Å². The van der Waals surface area contributed by atoms with E-state index in [1.54, 1.807) is 5.38 Å². The van der Waals surface area contributed by atoms with Gasteiger partial charge in [0, 0.05) is 11.6 Å². The van der Waals surface area contributed by atoms with Gasteiger partial charge in [0.25, 0.3) is 0 Å². The van der Waals surface area contributed by atoms with Gasteiger partial charge in [0.05, 0.1) is 0 Å². The standard InChI is InChI=1S/C4H3NO2S2/c6-3(7)5-1-2-9-4(5)8/h1-2H,(H,6,7). The summed E-state index contributed by atoms with van der Waals surface area (Å²) in [6.07, 6.45) is 0.399. The predicted molar refractivity (Wildman–Crippen MR) is 36.6 cm³/mol. The quantitative estimate of drug-likeness (QED) is 0.590. The van der Waals surface area contributed by atoms with Gasteiger partial charge in [-0.05, 0) is 12.2 Å². The first-order valence-corrected chi connectivity index (χ1v) is 3.40. The lowest BCUT2D eigenvalue weighted by molar-refractivity contribution is 0.196. The van der Waals surface area contributed by atoms with E-state index in [9.17, 15) is 4.79 Å². The third kappa shape index (κ3) is 1.17. The van der Waals surface area contributed by atoms with Crippen molar-refractivity contribution in [1.29, 1.82) is 0 Å². The third-order valence-electron chi connectivity index (χ3n) is 0.782. The Labute approximate surface area is 60.2 Å². The molecule has 0 aliphatic rings. The molecule has 0 bridgehead atoms. The Morgan fingerprint density at radius 2 is 2.56 bits per heavy atom. The summed E-state index contributed by atoms with van der Waals surface area (Å²) in [5, 5.41) is 9.99. The molecule has 1 N–H and O–H groups in total. The molecule has 0 radical (unpaired) electrons. The molecular weight excluding hydrogens is 158 g/mol. The zero-order valence-electron chi connectivity index (χ0n) is 4.27. The highest BCUT2D eigenvalue weighted by molar-refractivity contribution is 7.73. The van der Waals surface area contributed by atoms with E-state index in [0.717, 1.165) is 4.57 Å². The minimum absolute atomic E-state index is 0.363. The first-order chi connectivity index (χ1) is 4.22. The summed E-state index contributed by atoms with van der Waals surface area (Å²) in [5.41, 5.74) is 0. The molecule has 5 heteroatoms. The Hall–Kier alpha value is -0.680. The highest BCUT2D eigenvalue weighted by atomic mass is 32.1. The molecule has 0 aliphatic carbocycles. The van der Waals surface area contributed by atoms with E-state index in [-0.39, 0.29) is 0 Å². The van der Waals surface area contributed by atoms with Gasteiger partial charge >= 0.3 is 6.09 Å². The highest BCUT2D eigenvalue weighted by Gasteiger charge is 1.98. The molecule has 1 heterocycles. The van der Waals surface area contributed by atoms with Crippen molar-refractivity contribution in [2.75, 3.05) is 0 Å². The van der Waals surface area contributed by atoms with Gasteiger partial charge in [0.15, 0.2) is 3.95 Å². The summed E-state index contributed by atoms with van der Waals surface area (Å²) in [6, 6.07) is 0. The summed E-state index contributed by atoms with van der Waals surface area (Å²) in [5.74, 6) is 0. The van der Waals surface area contributed by atoms with Crippen LogP contribution in [0.25, 0.3) is 0 Å². The molecule has 0 aliphatic heterocycles. The Morgan fingerprint density at radius 3 is 2.78 bits per heavy atom. The van der Waals surface area contributed by atoms with E-state index < -0.39 is 6.09 Å². The highest BCUT2D eigenvalue weighted by Crippen LogP contribution is 2.01. The Kier molecular flexibility index (Phi) is 1.63. The number of hydrogen-bond acceptors (Lipinski definition) is 3. The molecule has 9 heavy (non-hydrogen) atoms. The fraction of sp³-hybridized carbons (Fsp3) is 0. The van der Waals surface area contributed by atoms with E-state index >= 15 is 0 Å². The van der Waals surface area contributed by atoms with Gasteiger partial charge in [-0.1, -0.05) is 0 Å². The van der Waals surface area contributed by atoms with E-state index in [4.69, 9.17) is 5.11 Å². The van der Waals surface area contributed by atoms with Gasteiger partial charge in [0.2, 0.25) is 0 Å². The Morgan fingerprint density at radius 1 is 1.89 bits per heavy atom. The Bertz CT molecular complexity index is 274. The monoisotopic (exact) mass is 161 g/mol. The SMILES string of the molecule is O=C(O)n1ccsc1=S.